The van der Waals surface area contributed by atoms with Crippen molar-refractivity contribution < 1.29 is 6.22 Å². The van der Waals surface area contributed by atoms with Gasteiger partial charge in [-0.25, -0.2) is 0 Å². The summed E-state index contributed by atoms with van der Waals surface area (Å²) < 4.78 is 0. The van der Waals surface area contributed by atoms with Crippen LogP contribution < -0.4 is 5.32 Å². The van der Waals surface area contributed by atoms with Crippen LogP contribution in [0.15, 0.2) is 24.5 Å². The van der Waals surface area contributed by atoms with Crippen molar-refractivity contribution in [1.82, 2.24) is 10.3 Å². The van der Waals surface area contributed by atoms with Gasteiger partial charge in [0.1, 0.15) is 0 Å². The Morgan fingerprint density at radius 1 is 1.46 bits per heavy atom. The summed E-state index contributed by atoms with van der Waals surface area (Å²) in [5, 5.41) is 2.70. The van der Waals surface area contributed by atoms with Gasteiger partial charge in [-0.15, -0.1) is 0 Å². The number of rotatable bonds is 2. The first kappa shape index (κ1) is 11.6. The molecule has 74 valence electrons. The van der Waals surface area contributed by atoms with Crippen molar-refractivity contribution in [2.45, 2.75) is 20.8 Å². The minimum absolute atomic E-state index is 0. The Balaban J connectivity index is 0. The topological polar surface area (TPSA) is 42.0 Å². The molecule has 0 aliphatic heterocycles. The van der Waals surface area contributed by atoms with E-state index in [-0.39, 0.29) is 7.33 Å². The van der Waals surface area contributed by atoms with Crippen LogP contribution in [0.2, 0.25) is 0 Å². The maximum Gasteiger partial charge on any atom is 0.251 e. The molecular weight excluding hydrogens is 164 g/mol. The van der Waals surface area contributed by atoms with Gasteiger partial charge in [-0.3, -0.25) is 9.78 Å². The number of carbonyl (C=O) groups is 1. The smallest absolute Gasteiger partial charge is 0.251 e. The fourth-order valence-electron chi connectivity index (χ4n) is 0.766. The minimum Gasteiger partial charge on any atom is -0.352 e. The second-order valence-corrected chi connectivity index (χ2v) is 2.10. The van der Waals surface area contributed by atoms with Crippen LogP contribution in [-0.4, -0.2) is 17.4 Å². The molecule has 13 heavy (non-hydrogen) atoms. The zero-order valence-electron chi connectivity index (χ0n) is 8.37. The van der Waals surface area contributed by atoms with Crippen LogP contribution in [0.1, 0.15) is 32.6 Å². The standard InChI is InChI=1S/C8H10N2O.C2H6.H2/c1-2-10-8(11)7-3-5-9-6-4-7;1-2;/h3-6H,2H2,1H3,(H,10,11);1-2H3;1H. The Kier molecular flexibility index (Phi) is 6.51. The van der Waals surface area contributed by atoms with Crippen LogP contribution in [0.5, 0.6) is 0 Å². The lowest BCUT2D eigenvalue weighted by Crippen LogP contribution is -2.22. The van der Waals surface area contributed by atoms with Gasteiger partial charge >= 0.3 is 0 Å². The predicted molar refractivity (Wildman–Crippen MR) is 55.7 cm³/mol. The summed E-state index contributed by atoms with van der Waals surface area (Å²) >= 11 is 0. The lowest BCUT2D eigenvalue weighted by Gasteiger charge is -1.99. The van der Waals surface area contributed by atoms with E-state index in [1.807, 2.05) is 20.8 Å². The molecule has 1 aromatic rings. The third kappa shape index (κ3) is 4.25. The van der Waals surface area contributed by atoms with E-state index in [2.05, 4.69) is 10.3 Å². The van der Waals surface area contributed by atoms with E-state index in [9.17, 15) is 4.79 Å². The second-order valence-electron chi connectivity index (χ2n) is 2.10. The number of hydrogen-bond donors (Lipinski definition) is 1. The normalized spacial score (nSPS) is 8.23. The average molecular weight is 182 g/mol. The molecule has 0 atom stereocenters. The van der Waals surface area contributed by atoms with Gasteiger partial charge in [0.05, 0.1) is 0 Å². The molecule has 0 aromatic carbocycles. The van der Waals surface area contributed by atoms with Crippen molar-refractivity contribution in [1.29, 1.82) is 0 Å². The average Bonchev–Trinajstić information content (AvgIpc) is 2.23. The zero-order valence-corrected chi connectivity index (χ0v) is 8.37. The number of pyridine rings is 1. The molecule has 0 spiro atoms. The van der Waals surface area contributed by atoms with Gasteiger partial charge in [0.15, 0.2) is 0 Å². The second kappa shape index (κ2) is 7.28. The highest BCUT2D eigenvalue weighted by molar-refractivity contribution is 5.93. The number of amides is 1. The van der Waals surface area contributed by atoms with E-state index in [0.717, 1.165) is 0 Å². The molecule has 3 heteroatoms. The predicted octanol–water partition coefficient (Wildman–Crippen LogP) is 2.10. The van der Waals surface area contributed by atoms with Gasteiger partial charge in [-0.2, -0.15) is 0 Å². The Hall–Kier alpha value is -1.38. The van der Waals surface area contributed by atoms with Crippen molar-refractivity contribution in [3.8, 4) is 0 Å². The van der Waals surface area contributed by atoms with Gasteiger partial charge in [0.25, 0.3) is 5.91 Å². The molecule has 0 aliphatic carbocycles. The fourth-order valence-corrected chi connectivity index (χ4v) is 0.766. The lowest BCUT2D eigenvalue weighted by molar-refractivity contribution is 0.0955. The highest BCUT2D eigenvalue weighted by Gasteiger charge is 2.00. The number of carbonyl (C=O) groups excluding carboxylic acids is 1. The van der Waals surface area contributed by atoms with Crippen LogP contribution >= 0.6 is 0 Å². The number of nitrogens with zero attached hydrogens (tertiary/aromatic N) is 1. The Bertz CT molecular complexity index is 239. The summed E-state index contributed by atoms with van der Waals surface area (Å²) in [4.78, 5) is 14.9. The first-order valence-electron chi connectivity index (χ1n) is 4.53. The summed E-state index contributed by atoms with van der Waals surface area (Å²) in [6.07, 6.45) is 3.20. The monoisotopic (exact) mass is 182 g/mol. The zero-order chi connectivity index (χ0) is 10.1. The van der Waals surface area contributed by atoms with Gasteiger partial charge in [0.2, 0.25) is 0 Å². The lowest BCUT2D eigenvalue weighted by atomic mass is 10.2. The minimum atomic E-state index is -0.0464. The van der Waals surface area contributed by atoms with Gasteiger partial charge in [-0.05, 0) is 19.1 Å². The Morgan fingerprint density at radius 2 is 2.00 bits per heavy atom. The highest BCUT2D eigenvalue weighted by atomic mass is 16.1. The van der Waals surface area contributed by atoms with Crippen molar-refractivity contribution in [3.05, 3.63) is 30.1 Å². The molecule has 0 fully saturated rings. The first-order valence-corrected chi connectivity index (χ1v) is 4.53. The maximum atomic E-state index is 11.1. The van der Waals surface area contributed by atoms with Crippen LogP contribution in [0.4, 0.5) is 0 Å². The van der Waals surface area contributed by atoms with Crippen molar-refractivity contribution in [3.63, 3.8) is 0 Å². The third-order valence-corrected chi connectivity index (χ3v) is 1.28. The largest absolute Gasteiger partial charge is 0.352 e. The molecule has 1 rings (SSSR count). The fraction of sp³-hybridized carbons (Fsp3) is 0.400. The van der Waals surface area contributed by atoms with Crippen LogP contribution in [0.3, 0.4) is 0 Å². The Morgan fingerprint density at radius 3 is 2.46 bits per heavy atom. The van der Waals surface area contributed by atoms with Crippen LogP contribution in [0.25, 0.3) is 0 Å². The maximum absolute atomic E-state index is 11.1. The SMILES string of the molecule is CC.CCNC(=O)c1ccncc1.[HH]. The molecule has 0 aliphatic rings. The van der Waals surface area contributed by atoms with Crippen molar-refractivity contribution >= 4 is 5.91 Å². The number of aromatic nitrogens is 1. The van der Waals surface area contributed by atoms with Crippen molar-refractivity contribution in [2.24, 2.45) is 0 Å². The summed E-state index contributed by atoms with van der Waals surface area (Å²) in [6, 6.07) is 3.37. The molecule has 1 heterocycles. The number of nitrogens with one attached hydrogen (secondary N) is 1. The van der Waals surface area contributed by atoms with Crippen LogP contribution in [-0.2, 0) is 0 Å². The van der Waals surface area contributed by atoms with Crippen LogP contribution in [0, 0.1) is 0 Å². The quantitative estimate of drug-likeness (QED) is 0.761. The Labute approximate surface area is 80.7 Å². The van der Waals surface area contributed by atoms with Gasteiger partial charge < -0.3 is 5.32 Å². The summed E-state index contributed by atoms with van der Waals surface area (Å²) in [6.45, 7) is 6.54. The molecule has 0 bridgehead atoms. The molecule has 0 saturated carbocycles. The summed E-state index contributed by atoms with van der Waals surface area (Å²) in [5.74, 6) is -0.0464. The molecular formula is C10H18N2O. The van der Waals surface area contributed by atoms with E-state index >= 15 is 0 Å². The first-order chi connectivity index (χ1) is 6.34. The third-order valence-electron chi connectivity index (χ3n) is 1.28. The molecule has 0 radical (unpaired) electrons. The highest BCUT2D eigenvalue weighted by Crippen LogP contribution is 1.94. The molecule has 0 saturated heterocycles. The van der Waals surface area contributed by atoms with E-state index in [0.29, 0.717) is 12.1 Å². The molecule has 1 aromatic heterocycles. The molecule has 3 nitrogen and oxygen atoms in total. The molecule has 0 unspecified atom stereocenters. The van der Waals surface area contributed by atoms with E-state index in [1.165, 1.54) is 0 Å². The van der Waals surface area contributed by atoms with E-state index in [4.69, 9.17) is 0 Å². The number of hydrogen-bond acceptors (Lipinski definition) is 2. The summed E-state index contributed by atoms with van der Waals surface area (Å²) in [5.41, 5.74) is 0.654. The van der Waals surface area contributed by atoms with E-state index < -0.39 is 0 Å². The van der Waals surface area contributed by atoms with Gasteiger partial charge in [-0.1, -0.05) is 13.8 Å². The molecule has 1 amide bonds. The summed E-state index contributed by atoms with van der Waals surface area (Å²) in [7, 11) is 0. The van der Waals surface area contributed by atoms with Gasteiger partial charge in [0, 0.05) is 25.9 Å². The van der Waals surface area contributed by atoms with E-state index in [1.54, 1.807) is 24.5 Å². The van der Waals surface area contributed by atoms with Crippen molar-refractivity contribution in [2.75, 3.05) is 6.54 Å². The molecule has 1 N–H and O–H groups in total.